The quantitative estimate of drug-likeness (QED) is 0.513. The molecule has 0 aromatic heterocycles. The molecule has 1 heterocycles. The fraction of sp³-hybridized carbons (Fsp3) is 0.857. The van der Waals surface area contributed by atoms with Gasteiger partial charge in [0, 0.05) is 40.8 Å². The van der Waals surface area contributed by atoms with E-state index in [4.69, 9.17) is 0 Å². The largest absolute Gasteiger partial charge is 0.346 e. The second-order valence-corrected chi connectivity index (χ2v) is 1.64. The topological polar surface area (TPSA) is 12.0 Å². The fourth-order valence-corrected chi connectivity index (χ4v) is 0.678. The van der Waals surface area contributed by atoms with Gasteiger partial charge in [-0.2, -0.15) is 6.42 Å². The van der Waals surface area contributed by atoms with E-state index in [0.29, 0.717) is 0 Å². The first-order valence-corrected chi connectivity index (χ1v) is 3.52. The fourth-order valence-electron chi connectivity index (χ4n) is 0.678. The molecule has 0 atom stereocenters. The van der Waals surface area contributed by atoms with E-state index in [9.17, 15) is 0 Å². The summed E-state index contributed by atoms with van der Waals surface area (Å²) < 4.78 is 0. The minimum absolute atomic E-state index is 0. The van der Waals surface area contributed by atoms with E-state index in [1.54, 1.807) is 0 Å². The second kappa shape index (κ2) is 16.7. The van der Waals surface area contributed by atoms with E-state index in [0.717, 1.165) is 6.54 Å². The van der Waals surface area contributed by atoms with Crippen molar-refractivity contribution in [2.45, 2.75) is 26.7 Å². The molecular formula is C7H16NRe2-. The van der Waals surface area contributed by atoms with Crippen LogP contribution in [0.25, 0.3) is 0 Å². The maximum Gasteiger partial charge on any atom is 0 e. The summed E-state index contributed by atoms with van der Waals surface area (Å²) in [6, 6.07) is 0. The molecule has 0 aromatic carbocycles. The minimum atomic E-state index is 0. The predicted octanol–water partition coefficient (Wildman–Crippen LogP) is 1.60. The third-order valence-electron chi connectivity index (χ3n) is 1.05. The molecule has 1 saturated heterocycles. The number of hydrogen-bond acceptors (Lipinski definition) is 1. The zero-order valence-corrected chi connectivity index (χ0v) is 12.1. The average Bonchev–Trinajstić information content (AvgIpc) is 1.96. The van der Waals surface area contributed by atoms with Gasteiger partial charge in [0.05, 0.1) is 0 Å². The van der Waals surface area contributed by atoms with Crippen LogP contribution in [0.5, 0.6) is 0 Å². The first-order valence-electron chi connectivity index (χ1n) is 3.52. The van der Waals surface area contributed by atoms with Crippen LogP contribution in [0, 0.1) is 6.42 Å². The molecule has 0 spiro atoms. The normalized spacial score (nSPS) is 15.0. The monoisotopic (exact) mass is 488 g/mol. The first kappa shape index (κ1) is 17.4. The van der Waals surface area contributed by atoms with Crippen molar-refractivity contribution in [3.63, 3.8) is 0 Å². The van der Waals surface area contributed by atoms with Crippen LogP contribution in [0.2, 0.25) is 0 Å². The van der Waals surface area contributed by atoms with Gasteiger partial charge in [0.1, 0.15) is 0 Å². The minimum Gasteiger partial charge on any atom is -0.346 e. The molecule has 1 fully saturated rings. The van der Waals surface area contributed by atoms with Crippen molar-refractivity contribution in [2.24, 2.45) is 0 Å². The van der Waals surface area contributed by atoms with Crippen LogP contribution >= 0.6 is 0 Å². The molecule has 1 N–H and O–H groups in total. The molecule has 0 unspecified atom stereocenters. The van der Waals surface area contributed by atoms with Crippen LogP contribution in [-0.4, -0.2) is 13.1 Å². The maximum absolute atomic E-state index is 3.23. The van der Waals surface area contributed by atoms with Gasteiger partial charge < -0.3 is 11.7 Å². The van der Waals surface area contributed by atoms with E-state index in [1.807, 2.05) is 13.8 Å². The van der Waals surface area contributed by atoms with Gasteiger partial charge in [-0.25, -0.2) is 0 Å². The van der Waals surface area contributed by atoms with Gasteiger partial charge >= 0.3 is 0 Å². The zero-order chi connectivity index (χ0) is 6.24. The summed E-state index contributed by atoms with van der Waals surface area (Å²) in [4.78, 5) is 0. The van der Waals surface area contributed by atoms with E-state index in [-0.39, 0.29) is 40.8 Å². The van der Waals surface area contributed by atoms with E-state index >= 15 is 0 Å². The third kappa shape index (κ3) is 12.0. The Hall–Kier alpha value is 1.28. The molecule has 1 aliphatic rings. The number of hydrogen-bond donors (Lipinski definition) is 1. The Kier molecular flexibility index (Phi) is 29.1. The molecule has 10 heavy (non-hydrogen) atoms. The SMILES string of the molecule is CC.[CH-]1CCCNC1.[Re].[Re]. The van der Waals surface area contributed by atoms with Crippen LogP contribution in [0.1, 0.15) is 26.7 Å². The number of piperidine rings is 1. The molecule has 0 aromatic rings. The summed E-state index contributed by atoms with van der Waals surface area (Å²) in [7, 11) is 0. The van der Waals surface area contributed by atoms with Crippen LogP contribution < -0.4 is 5.32 Å². The molecule has 0 saturated carbocycles. The van der Waals surface area contributed by atoms with Crippen molar-refractivity contribution in [3.8, 4) is 0 Å². The molecule has 3 heteroatoms. The van der Waals surface area contributed by atoms with Gasteiger partial charge in [0.2, 0.25) is 0 Å². The standard InChI is InChI=1S/C5H10N.C2H6.2Re/c1-2-4-6-5-3-1;1-2;;/h2,6H,1,3-5H2;1-2H3;;/q-1;;;. The van der Waals surface area contributed by atoms with Crippen molar-refractivity contribution < 1.29 is 40.8 Å². The van der Waals surface area contributed by atoms with Gasteiger partial charge in [-0.3, -0.25) is 0 Å². The van der Waals surface area contributed by atoms with E-state index < -0.39 is 0 Å². The molecule has 1 nitrogen and oxygen atoms in total. The molecule has 2 radical (unpaired) electrons. The third-order valence-corrected chi connectivity index (χ3v) is 1.05. The second-order valence-electron chi connectivity index (χ2n) is 1.64. The summed E-state index contributed by atoms with van der Waals surface area (Å²) in [5, 5.41) is 3.23. The van der Waals surface area contributed by atoms with Crippen LogP contribution in [0.3, 0.4) is 0 Å². The predicted molar refractivity (Wildman–Crippen MR) is 37.8 cm³/mol. The Bertz CT molecular complexity index is 27.1. The Morgan fingerprint density at radius 2 is 1.80 bits per heavy atom. The molecule has 64 valence electrons. The Morgan fingerprint density at radius 3 is 1.90 bits per heavy atom. The maximum atomic E-state index is 3.23. The molecule has 0 aliphatic carbocycles. The average molecular weight is 487 g/mol. The molecule has 0 amide bonds. The smallest absolute Gasteiger partial charge is 0 e. The number of rotatable bonds is 0. The summed E-state index contributed by atoms with van der Waals surface area (Å²) in [5.41, 5.74) is 0. The zero-order valence-electron chi connectivity index (χ0n) is 6.66. The van der Waals surface area contributed by atoms with Gasteiger partial charge in [0.25, 0.3) is 0 Å². The summed E-state index contributed by atoms with van der Waals surface area (Å²) in [6.07, 6.45) is 4.93. The van der Waals surface area contributed by atoms with Gasteiger partial charge in [-0.1, -0.05) is 20.3 Å². The van der Waals surface area contributed by atoms with Crippen molar-refractivity contribution in [3.05, 3.63) is 6.42 Å². The summed E-state index contributed by atoms with van der Waals surface area (Å²) in [5.74, 6) is 0. The van der Waals surface area contributed by atoms with Crippen molar-refractivity contribution >= 4 is 0 Å². The van der Waals surface area contributed by atoms with E-state index in [2.05, 4.69) is 11.7 Å². The summed E-state index contributed by atoms with van der Waals surface area (Å²) >= 11 is 0. The van der Waals surface area contributed by atoms with Gasteiger partial charge in [0.15, 0.2) is 0 Å². The van der Waals surface area contributed by atoms with Crippen molar-refractivity contribution in [1.29, 1.82) is 0 Å². The Labute approximate surface area is 92.0 Å². The molecule has 0 bridgehead atoms. The Balaban J connectivity index is -0.000000114. The van der Waals surface area contributed by atoms with Gasteiger partial charge in [-0.05, 0) is 6.54 Å². The molecule has 1 aliphatic heterocycles. The Morgan fingerprint density at radius 1 is 1.20 bits per heavy atom. The van der Waals surface area contributed by atoms with E-state index in [1.165, 1.54) is 19.4 Å². The molecule has 1 rings (SSSR count). The van der Waals surface area contributed by atoms with Crippen LogP contribution in [0.15, 0.2) is 0 Å². The molecular weight excluding hydrogens is 470 g/mol. The van der Waals surface area contributed by atoms with Crippen LogP contribution in [0.4, 0.5) is 0 Å². The van der Waals surface area contributed by atoms with Crippen LogP contribution in [-0.2, 0) is 40.8 Å². The number of nitrogens with one attached hydrogen (secondary N) is 1. The van der Waals surface area contributed by atoms with Gasteiger partial charge in [-0.15, -0.1) is 6.54 Å². The first-order chi connectivity index (χ1) is 4.00. The van der Waals surface area contributed by atoms with Crippen molar-refractivity contribution in [1.82, 2.24) is 5.32 Å². The summed E-state index contributed by atoms with van der Waals surface area (Å²) in [6.45, 7) is 6.34. The van der Waals surface area contributed by atoms with Crippen molar-refractivity contribution in [2.75, 3.05) is 13.1 Å².